The van der Waals surface area contributed by atoms with Crippen LogP contribution in [0.5, 0.6) is 0 Å². The van der Waals surface area contributed by atoms with E-state index in [4.69, 9.17) is 5.11 Å². The Morgan fingerprint density at radius 2 is 1.94 bits per heavy atom. The van der Waals surface area contributed by atoms with Gasteiger partial charge in [-0.25, -0.2) is 0 Å². The Kier molecular flexibility index (Phi) is 5.63. The van der Waals surface area contributed by atoms with E-state index in [0.717, 1.165) is 12.8 Å². The van der Waals surface area contributed by atoms with Crippen molar-refractivity contribution in [2.45, 2.75) is 46.5 Å². The van der Waals surface area contributed by atoms with Gasteiger partial charge in [0.05, 0.1) is 5.92 Å². The minimum absolute atomic E-state index is 0.0573. The lowest BCUT2D eigenvalue weighted by Gasteiger charge is -2.35. The van der Waals surface area contributed by atoms with Crippen LogP contribution in [0.1, 0.15) is 46.5 Å². The standard InChI is InChI=1S/C14H25NO3/c1-4-11(5-2)8-13(16)15-7-6-12(14(17)18)10(3)9-15/h10-12H,4-9H2,1-3H3,(H,17,18). The monoisotopic (exact) mass is 255 g/mol. The van der Waals surface area contributed by atoms with Gasteiger partial charge in [0.2, 0.25) is 5.91 Å². The Morgan fingerprint density at radius 1 is 1.33 bits per heavy atom. The first-order valence-corrected chi connectivity index (χ1v) is 7.00. The lowest BCUT2D eigenvalue weighted by Crippen LogP contribution is -2.45. The molecule has 1 heterocycles. The summed E-state index contributed by atoms with van der Waals surface area (Å²) in [6.07, 6.45) is 3.26. The first kappa shape index (κ1) is 15.0. The first-order valence-electron chi connectivity index (χ1n) is 7.00. The summed E-state index contributed by atoms with van der Waals surface area (Å²) in [6, 6.07) is 0. The maximum absolute atomic E-state index is 12.1. The molecule has 2 unspecified atom stereocenters. The van der Waals surface area contributed by atoms with Crippen LogP contribution >= 0.6 is 0 Å². The number of carbonyl (C=O) groups excluding carboxylic acids is 1. The van der Waals surface area contributed by atoms with E-state index in [1.165, 1.54) is 0 Å². The molecule has 0 aliphatic carbocycles. The molecular weight excluding hydrogens is 230 g/mol. The van der Waals surface area contributed by atoms with E-state index in [0.29, 0.717) is 31.8 Å². The van der Waals surface area contributed by atoms with Crippen LogP contribution in [0.3, 0.4) is 0 Å². The van der Waals surface area contributed by atoms with E-state index in [9.17, 15) is 9.59 Å². The van der Waals surface area contributed by atoms with Crippen molar-refractivity contribution in [1.29, 1.82) is 0 Å². The molecule has 0 bridgehead atoms. The second kappa shape index (κ2) is 6.76. The van der Waals surface area contributed by atoms with Crippen molar-refractivity contribution in [3.05, 3.63) is 0 Å². The van der Waals surface area contributed by atoms with Gasteiger partial charge in [-0.3, -0.25) is 9.59 Å². The van der Waals surface area contributed by atoms with Crippen molar-refractivity contribution in [2.24, 2.45) is 17.8 Å². The summed E-state index contributed by atoms with van der Waals surface area (Å²) in [5.74, 6) is -0.303. The van der Waals surface area contributed by atoms with Gasteiger partial charge in [-0.1, -0.05) is 33.6 Å². The van der Waals surface area contributed by atoms with Crippen molar-refractivity contribution in [1.82, 2.24) is 4.90 Å². The Morgan fingerprint density at radius 3 is 2.39 bits per heavy atom. The van der Waals surface area contributed by atoms with E-state index in [1.807, 2.05) is 11.8 Å². The van der Waals surface area contributed by atoms with Crippen molar-refractivity contribution >= 4 is 11.9 Å². The van der Waals surface area contributed by atoms with Gasteiger partial charge in [-0.05, 0) is 18.3 Å². The van der Waals surface area contributed by atoms with Crippen LogP contribution in [-0.4, -0.2) is 35.0 Å². The van der Waals surface area contributed by atoms with Crippen LogP contribution in [0.15, 0.2) is 0 Å². The van der Waals surface area contributed by atoms with E-state index >= 15 is 0 Å². The van der Waals surface area contributed by atoms with Gasteiger partial charge in [0, 0.05) is 19.5 Å². The molecule has 2 atom stereocenters. The molecule has 0 aromatic rings. The maximum Gasteiger partial charge on any atom is 0.306 e. The van der Waals surface area contributed by atoms with Crippen LogP contribution in [-0.2, 0) is 9.59 Å². The number of carbonyl (C=O) groups is 2. The van der Waals surface area contributed by atoms with Crippen LogP contribution in [0.2, 0.25) is 0 Å². The zero-order valence-corrected chi connectivity index (χ0v) is 11.7. The fourth-order valence-electron chi connectivity index (χ4n) is 2.69. The largest absolute Gasteiger partial charge is 0.481 e. The summed E-state index contributed by atoms with van der Waals surface area (Å²) >= 11 is 0. The summed E-state index contributed by atoms with van der Waals surface area (Å²) in [5, 5.41) is 9.05. The molecule has 104 valence electrons. The SMILES string of the molecule is CCC(CC)CC(=O)N1CCC(C(=O)O)C(C)C1. The van der Waals surface area contributed by atoms with Crippen LogP contribution in [0.25, 0.3) is 0 Å². The molecule has 0 radical (unpaired) electrons. The van der Waals surface area contributed by atoms with Gasteiger partial charge in [0.1, 0.15) is 0 Å². The number of aliphatic carboxylic acids is 1. The number of hydrogen-bond donors (Lipinski definition) is 1. The molecule has 1 aliphatic heterocycles. The fourth-order valence-corrected chi connectivity index (χ4v) is 2.69. The zero-order chi connectivity index (χ0) is 13.7. The summed E-state index contributed by atoms with van der Waals surface area (Å²) < 4.78 is 0. The summed E-state index contributed by atoms with van der Waals surface area (Å²) in [6.45, 7) is 7.34. The van der Waals surface area contributed by atoms with E-state index in [2.05, 4.69) is 13.8 Å². The third-order valence-corrected chi connectivity index (χ3v) is 4.19. The Labute approximate surface area is 109 Å². The molecule has 1 fully saturated rings. The molecule has 18 heavy (non-hydrogen) atoms. The molecule has 1 amide bonds. The lowest BCUT2D eigenvalue weighted by atomic mass is 9.86. The molecule has 0 aromatic heterocycles. The van der Waals surface area contributed by atoms with Gasteiger partial charge in [-0.15, -0.1) is 0 Å². The molecule has 4 nitrogen and oxygen atoms in total. The number of likely N-dealkylation sites (tertiary alicyclic amines) is 1. The highest BCUT2D eigenvalue weighted by molar-refractivity contribution is 5.77. The van der Waals surface area contributed by atoms with Crippen molar-refractivity contribution in [2.75, 3.05) is 13.1 Å². The van der Waals surface area contributed by atoms with Crippen LogP contribution in [0, 0.1) is 17.8 Å². The quantitative estimate of drug-likeness (QED) is 0.820. The number of rotatable bonds is 5. The first-order chi connectivity index (χ1) is 8.49. The number of nitrogens with zero attached hydrogens (tertiary/aromatic N) is 1. The molecule has 1 N–H and O–H groups in total. The summed E-state index contributed by atoms with van der Waals surface area (Å²) in [5.41, 5.74) is 0. The second-order valence-corrected chi connectivity index (χ2v) is 5.44. The topological polar surface area (TPSA) is 57.6 Å². The molecule has 0 spiro atoms. The molecule has 4 heteroatoms. The van der Waals surface area contributed by atoms with E-state index in [-0.39, 0.29) is 17.7 Å². The van der Waals surface area contributed by atoms with Gasteiger partial charge >= 0.3 is 5.97 Å². The summed E-state index contributed by atoms with van der Waals surface area (Å²) in [4.78, 5) is 25.0. The van der Waals surface area contributed by atoms with Crippen molar-refractivity contribution in [3.8, 4) is 0 Å². The van der Waals surface area contributed by atoms with Crippen LogP contribution in [0.4, 0.5) is 0 Å². The van der Waals surface area contributed by atoms with Gasteiger partial charge in [-0.2, -0.15) is 0 Å². The highest BCUT2D eigenvalue weighted by atomic mass is 16.4. The highest BCUT2D eigenvalue weighted by Crippen LogP contribution is 2.25. The van der Waals surface area contributed by atoms with Gasteiger partial charge in [0.25, 0.3) is 0 Å². The average Bonchev–Trinajstić information content (AvgIpc) is 2.34. The minimum Gasteiger partial charge on any atom is -0.481 e. The van der Waals surface area contributed by atoms with E-state index in [1.54, 1.807) is 0 Å². The molecular formula is C14H25NO3. The average molecular weight is 255 g/mol. The molecule has 1 aliphatic rings. The fraction of sp³-hybridized carbons (Fsp3) is 0.857. The molecule has 0 saturated carbocycles. The third-order valence-electron chi connectivity index (χ3n) is 4.19. The van der Waals surface area contributed by atoms with E-state index < -0.39 is 5.97 Å². The van der Waals surface area contributed by atoms with Gasteiger partial charge < -0.3 is 10.0 Å². The third kappa shape index (κ3) is 3.72. The van der Waals surface area contributed by atoms with Crippen LogP contribution < -0.4 is 0 Å². The van der Waals surface area contributed by atoms with Crippen molar-refractivity contribution < 1.29 is 14.7 Å². The molecule has 1 rings (SSSR count). The number of piperidine rings is 1. The molecule has 0 aromatic carbocycles. The maximum atomic E-state index is 12.1. The Balaban J connectivity index is 2.50. The number of amides is 1. The smallest absolute Gasteiger partial charge is 0.306 e. The number of hydrogen-bond acceptors (Lipinski definition) is 2. The van der Waals surface area contributed by atoms with Crippen molar-refractivity contribution in [3.63, 3.8) is 0 Å². The van der Waals surface area contributed by atoms with Gasteiger partial charge in [0.15, 0.2) is 0 Å². The zero-order valence-electron chi connectivity index (χ0n) is 11.7. The lowest BCUT2D eigenvalue weighted by molar-refractivity contribution is -0.148. The predicted molar refractivity (Wildman–Crippen MR) is 70.2 cm³/mol. The summed E-state index contributed by atoms with van der Waals surface area (Å²) in [7, 11) is 0. The molecule has 1 saturated heterocycles. The minimum atomic E-state index is -0.727. The Bertz CT molecular complexity index is 299. The number of carboxylic acids is 1. The Hall–Kier alpha value is -1.06. The second-order valence-electron chi connectivity index (χ2n) is 5.44. The highest BCUT2D eigenvalue weighted by Gasteiger charge is 2.33. The normalized spacial score (nSPS) is 24.3. The predicted octanol–water partition coefficient (Wildman–Crippen LogP) is 2.38. The number of carboxylic acid groups (broad SMARTS) is 1.